The summed E-state index contributed by atoms with van der Waals surface area (Å²) in [7, 11) is 0. The third kappa shape index (κ3) is 7.42. The van der Waals surface area contributed by atoms with Crippen molar-refractivity contribution in [2.75, 3.05) is 0 Å². The zero-order valence-electron chi connectivity index (χ0n) is 21.7. The first-order valence-electron chi connectivity index (χ1n) is 12.5. The van der Waals surface area contributed by atoms with Gasteiger partial charge in [0.05, 0.1) is 6.04 Å². The number of amides is 3. The second-order valence-electron chi connectivity index (χ2n) is 9.71. The maximum Gasteiger partial charge on any atom is 0.326 e. The van der Waals surface area contributed by atoms with Crippen LogP contribution in [0.4, 0.5) is 0 Å². The molecule has 0 bridgehead atoms. The summed E-state index contributed by atoms with van der Waals surface area (Å²) in [6.45, 7) is 5.06. The Morgan fingerprint density at radius 3 is 2.11 bits per heavy atom. The van der Waals surface area contributed by atoms with Gasteiger partial charge in [0.25, 0.3) is 0 Å². The smallest absolute Gasteiger partial charge is 0.326 e. The molecule has 0 aliphatic heterocycles. The molecule has 0 radical (unpaired) electrons. The standard InChI is InChI=1S/C28H35N5O5/c1-16(2)24(29)27(36)32-22(13-18-9-5-4-6-10-18)26(35)31-17(3)25(34)33-23(28(37)38)14-19-15-30-21-12-8-7-11-20(19)21/h4-12,15-17,22-24,30H,13-14,29H2,1-3H3,(H,31,35)(H,32,36)(H,33,34)(H,37,38). The average molecular weight is 522 g/mol. The van der Waals surface area contributed by atoms with Crippen LogP contribution in [0, 0.1) is 5.92 Å². The van der Waals surface area contributed by atoms with E-state index in [1.165, 1.54) is 6.92 Å². The number of carboxylic acid groups (broad SMARTS) is 1. The van der Waals surface area contributed by atoms with Crippen molar-refractivity contribution < 1.29 is 24.3 Å². The first kappa shape index (κ1) is 28.4. The van der Waals surface area contributed by atoms with Crippen LogP contribution in [0.5, 0.6) is 0 Å². The zero-order chi connectivity index (χ0) is 27.8. The van der Waals surface area contributed by atoms with E-state index >= 15 is 0 Å². The number of carboxylic acids is 1. The van der Waals surface area contributed by atoms with Crippen LogP contribution in [-0.2, 0) is 32.0 Å². The van der Waals surface area contributed by atoms with Crippen molar-refractivity contribution in [3.8, 4) is 0 Å². The monoisotopic (exact) mass is 521 g/mol. The van der Waals surface area contributed by atoms with Crippen molar-refractivity contribution >= 4 is 34.6 Å². The molecule has 3 aromatic rings. The molecule has 0 saturated heterocycles. The predicted octanol–water partition coefficient (Wildman–Crippen LogP) is 1.50. The number of aromatic nitrogens is 1. The number of aliphatic carboxylic acids is 1. The normalized spacial score (nSPS) is 14.3. The van der Waals surface area contributed by atoms with Gasteiger partial charge in [-0.15, -0.1) is 0 Å². The fourth-order valence-corrected chi connectivity index (χ4v) is 4.03. The highest BCUT2D eigenvalue weighted by molar-refractivity contribution is 5.94. The summed E-state index contributed by atoms with van der Waals surface area (Å²) in [6, 6.07) is 12.6. The van der Waals surface area contributed by atoms with E-state index in [2.05, 4.69) is 20.9 Å². The molecule has 3 amide bonds. The van der Waals surface area contributed by atoms with Gasteiger partial charge in [0.2, 0.25) is 17.7 Å². The van der Waals surface area contributed by atoms with Gasteiger partial charge in [-0.25, -0.2) is 4.79 Å². The van der Waals surface area contributed by atoms with Crippen LogP contribution in [0.15, 0.2) is 60.8 Å². The summed E-state index contributed by atoms with van der Waals surface area (Å²) in [5, 5.41) is 18.4. The summed E-state index contributed by atoms with van der Waals surface area (Å²) in [6.07, 6.45) is 1.97. The highest BCUT2D eigenvalue weighted by Crippen LogP contribution is 2.19. The molecule has 3 rings (SSSR count). The van der Waals surface area contributed by atoms with E-state index in [0.717, 1.165) is 22.0 Å². The third-order valence-corrected chi connectivity index (χ3v) is 6.40. The van der Waals surface area contributed by atoms with E-state index in [9.17, 15) is 24.3 Å². The Morgan fingerprint density at radius 2 is 1.45 bits per heavy atom. The Kier molecular flexibility index (Phi) is 9.61. The number of rotatable bonds is 12. The third-order valence-electron chi connectivity index (χ3n) is 6.40. The zero-order valence-corrected chi connectivity index (χ0v) is 21.7. The van der Waals surface area contributed by atoms with Crippen LogP contribution in [0.25, 0.3) is 10.9 Å². The molecule has 2 aromatic carbocycles. The van der Waals surface area contributed by atoms with E-state index in [-0.39, 0.29) is 18.8 Å². The fourth-order valence-electron chi connectivity index (χ4n) is 4.03. The highest BCUT2D eigenvalue weighted by Gasteiger charge is 2.29. The molecule has 38 heavy (non-hydrogen) atoms. The first-order chi connectivity index (χ1) is 18.1. The second kappa shape index (κ2) is 12.9. The fraction of sp³-hybridized carbons (Fsp3) is 0.357. The number of nitrogens with one attached hydrogen (secondary N) is 4. The van der Waals surface area contributed by atoms with Crippen molar-refractivity contribution in [3.63, 3.8) is 0 Å². The molecule has 1 aromatic heterocycles. The number of H-pyrrole nitrogens is 1. The molecule has 10 nitrogen and oxygen atoms in total. The molecule has 4 unspecified atom stereocenters. The number of nitrogens with two attached hydrogens (primary N) is 1. The van der Waals surface area contributed by atoms with Crippen LogP contribution in [0.1, 0.15) is 31.9 Å². The molecule has 0 aliphatic carbocycles. The molecular formula is C28H35N5O5. The van der Waals surface area contributed by atoms with E-state index in [1.807, 2.05) is 54.6 Å². The SMILES string of the molecule is CC(NC(=O)C(Cc1ccccc1)NC(=O)C(N)C(C)C)C(=O)NC(Cc1c[nH]c2ccccc12)C(=O)O. The van der Waals surface area contributed by atoms with Gasteiger partial charge in [0, 0.05) is 29.9 Å². The van der Waals surface area contributed by atoms with Crippen molar-refractivity contribution in [1.82, 2.24) is 20.9 Å². The Hall–Kier alpha value is -4.18. The Bertz CT molecular complexity index is 1270. The first-order valence-corrected chi connectivity index (χ1v) is 12.5. The molecule has 7 N–H and O–H groups in total. The molecule has 202 valence electrons. The highest BCUT2D eigenvalue weighted by atomic mass is 16.4. The van der Waals surface area contributed by atoms with Crippen LogP contribution in [-0.4, -0.2) is 57.9 Å². The molecule has 0 fully saturated rings. The number of aromatic amines is 1. The number of hydrogen-bond acceptors (Lipinski definition) is 5. The molecule has 0 spiro atoms. The van der Waals surface area contributed by atoms with Crippen molar-refractivity contribution in [3.05, 3.63) is 71.9 Å². The van der Waals surface area contributed by atoms with Crippen molar-refractivity contribution in [2.45, 2.75) is 57.8 Å². The molecule has 1 heterocycles. The minimum Gasteiger partial charge on any atom is -0.480 e. The van der Waals surface area contributed by atoms with Crippen LogP contribution < -0.4 is 21.7 Å². The van der Waals surface area contributed by atoms with Gasteiger partial charge in [-0.3, -0.25) is 14.4 Å². The van der Waals surface area contributed by atoms with E-state index in [0.29, 0.717) is 0 Å². The Labute approximate surface area is 221 Å². The average Bonchev–Trinajstić information content (AvgIpc) is 3.30. The molecular weight excluding hydrogens is 486 g/mol. The number of hydrogen-bond donors (Lipinski definition) is 6. The predicted molar refractivity (Wildman–Crippen MR) is 144 cm³/mol. The maximum absolute atomic E-state index is 13.1. The second-order valence-corrected chi connectivity index (χ2v) is 9.71. The number of fused-ring (bicyclic) bond motifs is 1. The summed E-state index contributed by atoms with van der Waals surface area (Å²) < 4.78 is 0. The maximum atomic E-state index is 13.1. The lowest BCUT2D eigenvalue weighted by atomic mass is 10.0. The van der Waals surface area contributed by atoms with Crippen LogP contribution in [0.3, 0.4) is 0 Å². The van der Waals surface area contributed by atoms with E-state index in [4.69, 9.17) is 5.73 Å². The van der Waals surface area contributed by atoms with E-state index < -0.39 is 47.9 Å². The lowest BCUT2D eigenvalue weighted by Gasteiger charge is -2.24. The van der Waals surface area contributed by atoms with Gasteiger partial charge in [-0.05, 0) is 30.0 Å². The Balaban J connectivity index is 1.68. The topological polar surface area (TPSA) is 166 Å². The number of carbonyl (C=O) groups is 4. The number of para-hydroxylation sites is 1. The lowest BCUT2D eigenvalue weighted by molar-refractivity contribution is -0.142. The summed E-state index contributed by atoms with van der Waals surface area (Å²) in [5.74, 6) is -3.04. The lowest BCUT2D eigenvalue weighted by Crippen LogP contribution is -2.57. The largest absolute Gasteiger partial charge is 0.480 e. The summed E-state index contributed by atoms with van der Waals surface area (Å²) >= 11 is 0. The van der Waals surface area contributed by atoms with Gasteiger partial charge >= 0.3 is 5.97 Å². The minimum atomic E-state index is -1.20. The summed E-state index contributed by atoms with van der Waals surface area (Å²) in [4.78, 5) is 53.7. The van der Waals surface area contributed by atoms with Crippen molar-refractivity contribution in [1.29, 1.82) is 0 Å². The van der Waals surface area contributed by atoms with Gasteiger partial charge in [0.1, 0.15) is 18.1 Å². The summed E-state index contributed by atoms with van der Waals surface area (Å²) in [5.41, 5.74) is 8.38. The van der Waals surface area contributed by atoms with Crippen molar-refractivity contribution in [2.24, 2.45) is 11.7 Å². The molecule has 0 saturated carbocycles. The van der Waals surface area contributed by atoms with Gasteiger partial charge in [0.15, 0.2) is 0 Å². The molecule has 0 aliphatic rings. The van der Waals surface area contributed by atoms with Gasteiger partial charge < -0.3 is 31.8 Å². The van der Waals surface area contributed by atoms with E-state index in [1.54, 1.807) is 20.0 Å². The Morgan fingerprint density at radius 1 is 0.816 bits per heavy atom. The van der Waals surface area contributed by atoms with Gasteiger partial charge in [-0.1, -0.05) is 62.4 Å². The quantitative estimate of drug-likeness (QED) is 0.211. The van der Waals surface area contributed by atoms with Crippen LogP contribution >= 0.6 is 0 Å². The minimum absolute atomic E-state index is 0.0610. The molecule has 10 heteroatoms. The number of carbonyl (C=O) groups excluding carboxylic acids is 3. The van der Waals surface area contributed by atoms with Gasteiger partial charge in [-0.2, -0.15) is 0 Å². The molecule has 4 atom stereocenters. The van der Waals surface area contributed by atoms with Crippen LogP contribution in [0.2, 0.25) is 0 Å². The number of benzene rings is 2.